The number of nitrogens with one attached hydrogen (secondary N) is 1. The standard InChI is InChI=1S/C16H16F3NO2S2/c1-12-7-9-14(10-8-12)24(21,22)20-15(11-23-16(17,18)19)13-5-3-2-4-6-13/h2-10,15,20H,11H2,1H3. The maximum absolute atomic E-state index is 12.5. The Morgan fingerprint density at radius 2 is 1.62 bits per heavy atom. The van der Waals surface area contributed by atoms with Crippen molar-refractivity contribution in [2.75, 3.05) is 5.75 Å². The first-order valence-electron chi connectivity index (χ1n) is 7.02. The fourth-order valence-corrected chi connectivity index (χ4v) is 4.00. The Balaban J connectivity index is 2.25. The average Bonchev–Trinajstić information content (AvgIpc) is 2.52. The summed E-state index contributed by atoms with van der Waals surface area (Å²) >= 11 is -0.252. The van der Waals surface area contributed by atoms with Crippen LogP contribution in [0.15, 0.2) is 59.5 Å². The van der Waals surface area contributed by atoms with Crippen LogP contribution in [-0.2, 0) is 10.0 Å². The molecule has 0 saturated carbocycles. The van der Waals surface area contributed by atoms with Crippen LogP contribution in [0.5, 0.6) is 0 Å². The van der Waals surface area contributed by atoms with Crippen LogP contribution in [0, 0.1) is 6.92 Å². The van der Waals surface area contributed by atoms with Crippen LogP contribution in [0.4, 0.5) is 13.2 Å². The maximum Gasteiger partial charge on any atom is 0.441 e. The van der Waals surface area contributed by atoms with Crippen molar-refractivity contribution in [1.82, 2.24) is 4.72 Å². The highest BCUT2D eigenvalue weighted by molar-refractivity contribution is 8.00. The molecule has 0 aliphatic rings. The Morgan fingerprint density at radius 1 is 1.04 bits per heavy atom. The van der Waals surface area contributed by atoms with Gasteiger partial charge in [0, 0.05) is 5.75 Å². The van der Waals surface area contributed by atoms with Gasteiger partial charge in [-0.2, -0.15) is 13.2 Å². The molecule has 2 aromatic carbocycles. The molecule has 0 aliphatic heterocycles. The van der Waals surface area contributed by atoms with Gasteiger partial charge in [-0.25, -0.2) is 13.1 Å². The first kappa shape index (κ1) is 18.8. The minimum Gasteiger partial charge on any atom is -0.207 e. The molecule has 0 radical (unpaired) electrons. The summed E-state index contributed by atoms with van der Waals surface area (Å²) in [6, 6.07) is 13.4. The highest BCUT2D eigenvalue weighted by atomic mass is 32.2. The zero-order valence-electron chi connectivity index (χ0n) is 12.7. The molecule has 2 aromatic rings. The van der Waals surface area contributed by atoms with Gasteiger partial charge in [-0.05, 0) is 36.4 Å². The van der Waals surface area contributed by atoms with E-state index in [1.807, 2.05) is 6.92 Å². The van der Waals surface area contributed by atoms with Gasteiger partial charge in [0.2, 0.25) is 10.0 Å². The van der Waals surface area contributed by atoms with Crippen molar-refractivity contribution in [2.24, 2.45) is 0 Å². The molecule has 0 spiro atoms. The molecule has 0 amide bonds. The minimum absolute atomic E-state index is 0.0195. The molecule has 1 unspecified atom stereocenters. The van der Waals surface area contributed by atoms with Crippen molar-refractivity contribution < 1.29 is 21.6 Å². The fraction of sp³-hybridized carbons (Fsp3) is 0.250. The molecule has 0 saturated heterocycles. The van der Waals surface area contributed by atoms with Crippen LogP contribution < -0.4 is 4.72 Å². The average molecular weight is 375 g/mol. The Kier molecular flexibility index (Phi) is 5.95. The first-order valence-corrected chi connectivity index (χ1v) is 9.49. The molecule has 1 atom stereocenters. The van der Waals surface area contributed by atoms with Gasteiger partial charge in [0.05, 0.1) is 10.9 Å². The van der Waals surface area contributed by atoms with Gasteiger partial charge in [0.25, 0.3) is 0 Å². The van der Waals surface area contributed by atoms with Crippen LogP contribution in [0.2, 0.25) is 0 Å². The first-order chi connectivity index (χ1) is 11.2. The molecule has 0 bridgehead atoms. The van der Waals surface area contributed by atoms with Gasteiger partial charge >= 0.3 is 5.51 Å². The van der Waals surface area contributed by atoms with Crippen molar-refractivity contribution in [1.29, 1.82) is 0 Å². The molecule has 130 valence electrons. The molecule has 0 heterocycles. The summed E-state index contributed by atoms with van der Waals surface area (Å²) < 4.78 is 64.8. The summed E-state index contributed by atoms with van der Waals surface area (Å²) in [6.45, 7) is 1.82. The van der Waals surface area contributed by atoms with Gasteiger partial charge in [-0.3, -0.25) is 0 Å². The van der Waals surface area contributed by atoms with Gasteiger partial charge < -0.3 is 0 Å². The van der Waals surface area contributed by atoms with E-state index in [2.05, 4.69) is 4.72 Å². The van der Waals surface area contributed by atoms with E-state index in [9.17, 15) is 21.6 Å². The molecule has 3 nitrogen and oxygen atoms in total. The molecule has 1 N–H and O–H groups in total. The third-order valence-corrected chi connectivity index (χ3v) is 5.56. The monoisotopic (exact) mass is 375 g/mol. The lowest BCUT2D eigenvalue weighted by molar-refractivity contribution is -0.0328. The SMILES string of the molecule is Cc1ccc(S(=O)(=O)NC(CSC(F)(F)F)c2ccccc2)cc1. The summed E-state index contributed by atoms with van der Waals surface area (Å²) in [4.78, 5) is 0.0195. The largest absolute Gasteiger partial charge is 0.441 e. The number of hydrogen-bond donors (Lipinski definition) is 1. The van der Waals surface area contributed by atoms with Crippen molar-refractivity contribution in [3.63, 3.8) is 0 Å². The van der Waals surface area contributed by atoms with Crippen molar-refractivity contribution in [3.8, 4) is 0 Å². The number of alkyl halides is 3. The zero-order chi connectivity index (χ0) is 17.8. The number of halogens is 3. The fourth-order valence-electron chi connectivity index (χ4n) is 2.03. The number of thioether (sulfide) groups is 1. The van der Waals surface area contributed by atoms with Crippen molar-refractivity contribution in [2.45, 2.75) is 23.4 Å². The summed E-state index contributed by atoms with van der Waals surface area (Å²) in [5, 5.41) is 0. The van der Waals surface area contributed by atoms with E-state index < -0.39 is 27.3 Å². The van der Waals surface area contributed by atoms with E-state index in [4.69, 9.17) is 0 Å². The molecule has 0 aromatic heterocycles. The smallest absolute Gasteiger partial charge is 0.207 e. The number of rotatable bonds is 6. The lowest BCUT2D eigenvalue weighted by Crippen LogP contribution is -2.31. The van der Waals surface area contributed by atoms with Crippen LogP contribution in [0.1, 0.15) is 17.2 Å². The van der Waals surface area contributed by atoms with Crippen LogP contribution in [0.3, 0.4) is 0 Å². The second-order valence-electron chi connectivity index (χ2n) is 5.15. The lowest BCUT2D eigenvalue weighted by atomic mass is 10.1. The molecule has 2 rings (SSSR count). The van der Waals surface area contributed by atoms with E-state index in [1.54, 1.807) is 42.5 Å². The number of sulfonamides is 1. The summed E-state index contributed by atoms with van der Waals surface area (Å²) in [5.41, 5.74) is -3.06. The zero-order valence-corrected chi connectivity index (χ0v) is 14.4. The molecular weight excluding hydrogens is 359 g/mol. The van der Waals surface area contributed by atoms with E-state index in [0.29, 0.717) is 5.56 Å². The Bertz CT molecular complexity index is 760. The van der Waals surface area contributed by atoms with Crippen LogP contribution in [-0.4, -0.2) is 19.7 Å². The number of benzene rings is 2. The predicted octanol–water partition coefficient (Wildman–Crippen LogP) is 4.27. The van der Waals surface area contributed by atoms with Crippen LogP contribution in [0.25, 0.3) is 0 Å². The maximum atomic E-state index is 12.5. The minimum atomic E-state index is -4.43. The second-order valence-corrected chi connectivity index (χ2v) is 7.95. The summed E-state index contributed by atoms with van der Waals surface area (Å²) in [5.74, 6) is -0.446. The number of hydrogen-bond acceptors (Lipinski definition) is 3. The van der Waals surface area contributed by atoms with Crippen molar-refractivity contribution >= 4 is 21.8 Å². The normalized spacial score (nSPS) is 13.7. The molecule has 0 aliphatic carbocycles. The highest BCUT2D eigenvalue weighted by Crippen LogP contribution is 2.34. The third kappa shape index (κ3) is 5.54. The Morgan fingerprint density at radius 3 is 2.17 bits per heavy atom. The Hall–Kier alpha value is -1.51. The highest BCUT2D eigenvalue weighted by Gasteiger charge is 2.31. The molecule has 24 heavy (non-hydrogen) atoms. The van der Waals surface area contributed by atoms with Crippen LogP contribution >= 0.6 is 11.8 Å². The van der Waals surface area contributed by atoms with E-state index in [-0.39, 0.29) is 16.7 Å². The molecule has 0 fully saturated rings. The quantitative estimate of drug-likeness (QED) is 0.820. The van der Waals surface area contributed by atoms with Crippen molar-refractivity contribution in [3.05, 3.63) is 65.7 Å². The Labute approximate surface area is 143 Å². The second kappa shape index (κ2) is 7.58. The van der Waals surface area contributed by atoms with Gasteiger partial charge in [-0.15, -0.1) is 0 Å². The van der Waals surface area contributed by atoms with E-state index >= 15 is 0 Å². The summed E-state index contributed by atoms with van der Waals surface area (Å²) in [6.07, 6.45) is 0. The topological polar surface area (TPSA) is 46.2 Å². The number of aryl methyl sites for hydroxylation is 1. The summed E-state index contributed by atoms with van der Waals surface area (Å²) in [7, 11) is -3.92. The lowest BCUT2D eigenvalue weighted by Gasteiger charge is -2.19. The third-order valence-electron chi connectivity index (χ3n) is 3.24. The molecular formula is C16H16F3NO2S2. The van der Waals surface area contributed by atoms with E-state index in [0.717, 1.165) is 5.56 Å². The van der Waals surface area contributed by atoms with Gasteiger partial charge in [0.15, 0.2) is 0 Å². The van der Waals surface area contributed by atoms with Gasteiger partial charge in [-0.1, -0.05) is 48.0 Å². The van der Waals surface area contributed by atoms with Gasteiger partial charge in [0.1, 0.15) is 0 Å². The predicted molar refractivity (Wildman–Crippen MR) is 89.2 cm³/mol. The van der Waals surface area contributed by atoms with E-state index in [1.165, 1.54) is 12.1 Å². The molecule has 8 heteroatoms.